The number of halogens is 1. The molecule has 0 N–H and O–H groups in total. The van der Waals surface area contributed by atoms with Crippen LogP contribution in [0.3, 0.4) is 0 Å². The predicted molar refractivity (Wildman–Crippen MR) is 101 cm³/mol. The molecule has 2 aliphatic rings. The van der Waals surface area contributed by atoms with E-state index in [1.807, 2.05) is 27.9 Å². The minimum Gasteiger partial charge on any atom is -0.331 e. The number of amides is 2. The summed E-state index contributed by atoms with van der Waals surface area (Å²) in [4.78, 5) is 18.7. The third-order valence-corrected chi connectivity index (χ3v) is 5.76. The van der Waals surface area contributed by atoms with Gasteiger partial charge in [0, 0.05) is 58.6 Å². The van der Waals surface area contributed by atoms with Crippen LogP contribution in [0, 0.1) is 17.7 Å². The van der Waals surface area contributed by atoms with Crippen LogP contribution in [0.15, 0.2) is 42.7 Å². The number of nitrogens with zero attached hydrogens (tertiary/aromatic N) is 5. The number of likely N-dealkylation sites (tertiary alicyclic amines) is 2. The van der Waals surface area contributed by atoms with Crippen molar-refractivity contribution < 1.29 is 9.18 Å². The monoisotopic (exact) mass is 371 g/mol. The van der Waals surface area contributed by atoms with Crippen LogP contribution in [-0.2, 0) is 6.54 Å². The van der Waals surface area contributed by atoms with E-state index in [1.165, 1.54) is 6.07 Å². The van der Waals surface area contributed by atoms with E-state index in [0.29, 0.717) is 11.8 Å². The van der Waals surface area contributed by atoms with Crippen LogP contribution in [0.5, 0.6) is 0 Å². The van der Waals surface area contributed by atoms with E-state index in [0.717, 1.165) is 38.3 Å². The van der Waals surface area contributed by atoms with Gasteiger partial charge in [0.2, 0.25) is 0 Å². The Labute approximate surface area is 159 Å². The number of carbonyl (C=O) groups is 1. The maximum absolute atomic E-state index is 13.9. The number of aromatic nitrogens is 2. The van der Waals surface area contributed by atoms with Crippen molar-refractivity contribution in [1.82, 2.24) is 24.5 Å². The Hall–Kier alpha value is -2.41. The zero-order chi connectivity index (χ0) is 19.0. The standard InChI is InChI=1S/C20H26FN5O/c1-23(2)20(27)26-13-16-12-24(9-10-25-8-4-7-22-25)14-18(16)19(26)15-5-3-6-17(21)11-15/h3-8,11,16,18-19H,9-10,12-14H2,1-2H3/t16-,18-,19+/m1/s1. The SMILES string of the molecule is CN(C)C(=O)N1C[C@H]2CN(CCn3cccn3)C[C@H]2[C@@H]1c1cccc(F)c1. The van der Waals surface area contributed by atoms with Gasteiger partial charge in [-0.05, 0) is 29.7 Å². The molecule has 2 aromatic rings. The van der Waals surface area contributed by atoms with Gasteiger partial charge in [0.05, 0.1) is 12.6 Å². The number of hydrogen-bond acceptors (Lipinski definition) is 3. The van der Waals surface area contributed by atoms with Gasteiger partial charge in [-0.25, -0.2) is 9.18 Å². The summed E-state index contributed by atoms with van der Waals surface area (Å²) in [6, 6.07) is 8.58. The molecule has 0 radical (unpaired) electrons. The van der Waals surface area contributed by atoms with Gasteiger partial charge in [-0.15, -0.1) is 0 Å². The van der Waals surface area contributed by atoms with E-state index in [2.05, 4.69) is 10.00 Å². The lowest BCUT2D eigenvalue weighted by Crippen LogP contribution is -2.41. The van der Waals surface area contributed by atoms with E-state index >= 15 is 0 Å². The highest BCUT2D eigenvalue weighted by atomic mass is 19.1. The summed E-state index contributed by atoms with van der Waals surface area (Å²) in [6.07, 6.45) is 3.77. The first-order valence-corrected chi connectivity index (χ1v) is 9.46. The van der Waals surface area contributed by atoms with Crippen molar-refractivity contribution in [3.8, 4) is 0 Å². The molecule has 0 saturated carbocycles. The Bertz CT molecular complexity index is 793. The maximum atomic E-state index is 13.9. The normalized spacial score (nSPS) is 25.0. The van der Waals surface area contributed by atoms with Crippen LogP contribution in [0.4, 0.5) is 9.18 Å². The minimum absolute atomic E-state index is 0.00162. The molecule has 1 aromatic heterocycles. The van der Waals surface area contributed by atoms with Crippen molar-refractivity contribution in [3.63, 3.8) is 0 Å². The van der Waals surface area contributed by atoms with E-state index in [-0.39, 0.29) is 17.9 Å². The van der Waals surface area contributed by atoms with Crippen molar-refractivity contribution in [2.75, 3.05) is 40.3 Å². The van der Waals surface area contributed by atoms with Gasteiger partial charge in [0.15, 0.2) is 0 Å². The Balaban J connectivity index is 1.52. The third kappa shape index (κ3) is 3.56. The number of carbonyl (C=O) groups excluding carboxylic acids is 1. The summed E-state index contributed by atoms with van der Waals surface area (Å²) in [5, 5.41) is 4.27. The molecule has 3 heterocycles. The number of fused-ring (bicyclic) bond motifs is 1. The number of hydrogen-bond donors (Lipinski definition) is 0. The second-order valence-electron chi connectivity index (χ2n) is 7.78. The quantitative estimate of drug-likeness (QED) is 0.829. The van der Waals surface area contributed by atoms with Crippen molar-refractivity contribution in [1.29, 1.82) is 0 Å². The predicted octanol–water partition coefficient (Wildman–Crippen LogP) is 2.31. The highest BCUT2D eigenvalue weighted by molar-refractivity contribution is 5.75. The van der Waals surface area contributed by atoms with Gasteiger partial charge in [0.25, 0.3) is 0 Å². The van der Waals surface area contributed by atoms with Gasteiger partial charge in [-0.2, -0.15) is 5.10 Å². The Morgan fingerprint density at radius 2 is 2.07 bits per heavy atom. The molecule has 0 aliphatic carbocycles. The molecule has 144 valence electrons. The van der Waals surface area contributed by atoms with E-state index in [1.54, 1.807) is 37.3 Å². The summed E-state index contributed by atoms with van der Waals surface area (Å²) in [6.45, 7) is 4.41. The molecule has 2 aliphatic heterocycles. The molecular formula is C20H26FN5O. The fourth-order valence-corrected chi connectivity index (χ4v) is 4.57. The summed E-state index contributed by atoms with van der Waals surface area (Å²) >= 11 is 0. The second-order valence-corrected chi connectivity index (χ2v) is 7.78. The van der Waals surface area contributed by atoms with Crippen molar-refractivity contribution >= 4 is 6.03 Å². The lowest BCUT2D eigenvalue weighted by Gasteiger charge is -2.31. The first kappa shape index (κ1) is 18.0. The molecule has 7 heteroatoms. The summed E-state index contributed by atoms with van der Waals surface area (Å²) in [5.41, 5.74) is 0.895. The minimum atomic E-state index is -0.248. The average Bonchev–Trinajstić information content (AvgIpc) is 3.34. The van der Waals surface area contributed by atoms with Crippen LogP contribution in [-0.4, -0.2) is 70.8 Å². The number of urea groups is 1. The molecule has 0 spiro atoms. The summed E-state index contributed by atoms with van der Waals surface area (Å²) in [5.74, 6) is 0.495. The van der Waals surface area contributed by atoms with E-state index in [4.69, 9.17) is 0 Å². The lowest BCUT2D eigenvalue weighted by molar-refractivity contribution is 0.151. The second kappa shape index (κ2) is 7.31. The van der Waals surface area contributed by atoms with Gasteiger partial charge >= 0.3 is 6.03 Å². The van der Waals surface area contributed by atoms with Crippen LogP contribution in [0.1, 0.15) is 11.6 Å². The number of benzene rings is 1. The first-order chi connectivity index (χ1) is 13.0. The van der Waals surface area contributed by atoms with Crippen molar-refractivity contribution in [2.24, 2.45) is 11.8 Å². The highest BCUT2D eigenvalue weighted by Gasteiger charge is 2.49. The van der Waals surface area contributed by atoms with Gasteiger partial charge in [-0.1, -0.05) is 12.1 Å². The zero-order valence-electron chi connectivity index (χ0n) is 15.8. The molecule has 2 amide bonds. The Morgan fingerprint density at radius 1 is 1.22 bits per heavy atom. The molecule has 2 saturated heterocycles. The van der Waals surface area contributed by atoms with Crippen LogP contribution in [0.25, 0.3) is 0 Å². The molecule has 4 rings (SSSR count). The highest BCUT2D eigenvalue weighted by Crippen LogP contribution is 2.45. The maximum Gasteiger partial charge on any atom is 0.320 e. The van der Waals surface area contributed by atoms with Crippen LogP contribution < -0.4 is 0 Å². The largest absolute Gasteiger partial charge is 0.331 e. The molecule has 27 heavy (non-hydrogen) atoms. The molecule has 3 atom stereocenters. The molecule has 0 unspecified atom stereocenters. The van der Waals surface area contributed by atoms with E-state index < -0.39 is 0 Å². The molecule has 6 nitrogen and oxygen atoms in total. The van der Waals surface area contributed by atoms with Crippen LogP contribution >= 0.6 is 0 Å². The van der Waals surface area contributed by atoms with E-state index in [9.17, 15) is 9.18 Å². The summed E-state index contributed by atoms with van der Waals surface area (Å²) < 4.78 is 15.8. The third-order valence-electron chi connectivity index (χ3n) is 5.76. The molecular weight excluding hydrogens is 345 g/mol. The van der Waals surface area contributed by atoms with Gasteiger partial charge < -0.3 is 14.7 Å². The Kier molecular flexibility index (Phi) is 4.86. The van der Waals surface area contributed by atoms with Crippen molar-refractivity contribution in [2.45, 2.75) is 12.6 Å². The topological polar surface area (TPSA) is 44.6 Å². The zero-order valence-corrected chi connectivity index (χ0v) is 15.8. The van der Waals surface area contributed by atoms with Crippen LogP contribution in [0.2, 0.25) is 0 Å². The summed E-state index contributed by atoms with van der Waals surface area (Å²) in [7, 11) is 3.55. The fourth-order valence-electron chi connectivity index (χ4n) is 4.57. The van der Waals surface area contributed by atoms with Gasteiger partial charge in [-0.3, -0.25) is 4.68 Å². The van der Waals surface area contributed by atoms with Gasteiger partial charge in [0.1, 0.15) is 5.82 Å². The lowest BCUT2D eigenvalue weighted by atomic mass is 9.89. The molecule has 0 bridgehead atoms. The fraction of sp³-hybridized carbons (Fsp3) is 0.500. The Morgan fingerprint density at radius 3 is 2.78 bits per heavy atom. The molecule has 2 fully saturated rings. The molecule has 1 aromatic carbocycles. The van der Waals surface area contributed by atoms with Crippen molar-refractivity contribution in [3.05, 3.63) is 54.1 Å². The smallest absolute Gasteiger partial charge is 0.320 e. The average molecular weight is 371 g/mol. The first-order valence-electron chi connectivity index (χ1n) is 9.46. The number of rotatable bonds is 4.